The van der Waals surface area contributed by atoms with Gasteiger partial charge in [0, 0.05) is 30.7 Å². The monoisotopic (exact) mass is 722 g/mol. The number of hydrogen-bond acceptors (Lipinski definition) is 9. The predicted molar refractivity (Wildman–Crippen MR) is 189 cm³/mol. The maximum atomic E-state index is 13.6. The van der Waals surface area contributed by atoms with Crippen LogP contribution in [0, 0.1) is 34.5 Å². The van der Waals surface area contributed by atoms with Crippen LogP contribution in [0.3, 0.4) is 0 Å². The number of Topliss-reactive ketones (excluding diaryl/α,β-unsaturated/α-hetero) is 1. The number of fused-ring (bicyclic) bond motifs is 5. The van der Waals surface area contributed by atoms with Crippen LogP contribution in [-0.4, -0.2) is 81.5 Å². The van der Waals surface area contributed by atoms with Crippen molar-refractivity contribution in [3.63, 3.8) is 0 Å². The molecule has 0 spiro atoms. The molecule has 4 aliphatic carbocycles. The van der Waals surface area contributed by atoms with Crippen LogP contribution in [0.2, 0.25) is 0 Å². The van der Waals surface area contributed by atoms with Crippen molar-refractivity contribution in [1.29, 1.82) is 0 Å². The number of carboxylic acids is 1. The van der Waals surface area contributed by atoms with Crippen molar-refractivity contribution in [2.24, 2.45) is 34.5 Å². The van der Waals surface area contributed by atoms with E-state index in [-0.39, 0.29) is 73.5 Å². The van der Waals surface area contributed by atoms with E-state index in [2.05, 4.69) is 17.6 Å². The highest BCUT2D eigenvalue weighted by Crippen LogP contribution is 2.67. The number of allylic oxidation sites excluding steroid dienone is 1. The topological polar surface area (TPSA) is 196 Å². The lowest BCUT2D eigenvalue weighted by molar-refractivity contribution is -0.184. The molecular formula is C40H54N2O10. The normalized spacial score (nSPS) is 32.0. The van der Waals surface area contributed by atoms with Gasteiger partial charge in [-0.05, 0) is 79.3 Å². The molecule has 0 saturated heterocycles. The van der Waals surface area contributed by atoms with E-state index in [1.54, 1.807) is 44.2 Å². The smallest absolute Gasteiger partial charge is 0.306 e. The van der Waals surface area contributed by atoms with Gasteiger partial charge in [-0.2, -0.15) is 0 Å². The number of aliphatic carboxylic acids is 1. The summed E-state index contributed by atoms with van der Waals surface area (Å²) in [7, 11) is 0. The van der Waals surface area contributed by atoms with E-state index in [0.29, 0.717) is 19.3 Å². The number of aliphatic hydroxyl groups excluding tert-OH is 1. The number of benzene rings is 1. The van der Waals surface area contributed by atoms with Gasteiger partial charge in [-0.1, -0.05) is 63.6 Å². The summed E-state index contributed by atoms with van der Waals surface area (Å²) in [6.45, 7) is 6.90. The van der Waals surface area contributed by atoms with E-state index in [0.717, 1.165) is 24.0 Å². The maximum absolute atomic E-state index is 13.6. The van der Waals surface area contributed by atoms with E-state index in [1.807, 2.05) is 13.0 Å². The van der Waals surface area contributed by atoms with Crippen molar-refractivity contribution in [2.75, 3.05) is 13.2 Å². The van der Waals surface area contributed by atoms with E-state index in [4.69, 9.17) is 4.74 Å². The zero-order valence-corrected chi connectivity index (χ0v) is 30.7. The van der Waals surface area contributed by atoms with E-state index in [9.17, 15) is 44.1 Å². The zero-order valence-electron chi connectivity index (χ0n) is 30.7. The highest BCUT2D eigenvalue weighted by molar-refractivity contribution is 5.93. The number of carbonyl (C=O) groups excluding carboxylic acids is 5. The number of hydrogen-bond donors (Lipinski definition) is 5. The summed E-state index contributed by atoms with van der Waals surface area (Å²) >= 11 is 0. The van der Waals surface area contributed by atoms with Crippen LogP contribution in [0.4, 0.5) is 0 Å². The molecule has 0 aromatic heterocycles. The average molecular weight is 723 g/mol. The van der Waals surface area contributed by atoms with Crippen molar-refractivity contribution in [3.05, 3.63) is 47.5 Å². The van der Waals surface area contributed by atoms with Crippen LogP contribution >= 0.6 is 0 Å². The third kappa shape index (κ3) is 7.74. The van der Waals surface area contributed by atoms with Crippen LogP contribution in [0.25, 0.3) is 0 Å². The SMILES string of the molecule is CC(C)[C@H](NC(=O)CCC(=O)OCC(=O)[C@]1(O)CC[C@@H]2[C@H]3CCC4=CC(=O)CC[C@]4(C)[C@@H]3[C@@H](O)C[C@@]21C)C(=O)NC[C@@H](CC(=O)O)c1ccccc1. The molecule has 284 valence electrons. The van der Waals surface area contributed by atoms with Crippen molar-refractivity contribution >= 4 is 35.3 Å². The first-order chi connectivity index (χ1) is 24.5. The Morgan fingerprint density at radius 1 is 1.00 bits per heavy atom. The Kier molecular flexibility index (Phi) is 11.8. The average Bonchev–Trinajstić information content (AvgIpc) is 3.37. The zero-order chi connectivity index (χ0) is 38.0. The molecule has 4 aliphatic rings. The van der Waals surface area contributed by atoms with Gasteiger partial charge in [0.2, 0.25) is 17.6 Å². The first-order valence-corrected chi connectivity index (χ1v) is 18.7. The summed E-state index contributed by atoms with van der Waals surface area (Å²) in [6.07, 6.45) is 3.86. The molecule has 5 rings (SSSR count). The van der Waals surface area contributed by atoms with Gasteiger partial charge in [-0.3, -0.25) is 28.8 Å². The van der Waals surface area contributed by atoms with Crippen molar-refractivity contribution in [3.8, 4) is 0 Å². The molecule has 9 atom stereocenters. The molecule has 0 unspecified atom stereocenters. The first-order valence-electron chi connectivity index (χ1n) is 18.7. The number of carbonyl (C=O) groups is 6. The number of rotatable bonds is 14. The Hall–Kier alpha value is -3.90. The van der Waals surface area contributed by atoms with Crippen LogP contribution < -0.4 is 10.6 Å². The number of aliphatic hydroxyl groups is 2. The second-order valence-electron chi connectivity index (χ2n) is 16.3. The quantitative estimate of drug-likeness (QED) is 0.177. The van der Waals surface area contributed by atoms with Gasteiger partial charge in [0.1, 0.15) is 11.6 Å². The van der Waals surface area contributed by atoms with E-state index >= 15 is 0 Å². The molecule has 0 bridgehead atoms. The van der Waals surface area contributed by atoms with Gasteiger partial charge >= 0.3 is 11.9 Å². The number of esters is 1. The molecule has 0 radical (unpaired) electrons. The third-order valence-corrected chi connectivity index (χ3v) is 12.9. The van der Waals surface area contributed by atoms with Crippen LogP contribution in [0.5, 0.6) is 0 Å². The number of ketones is 2. The van der Waals surface area contributed by atoms with Crippen molar-refractivity contribution in [1.82, 2.24) is 10.6 Å². The second kappa shape index (κ2) is 15.6. The lowest BCUT2D eigenvalue weighted by Gasteiger charge is -2.60. The molecule has 1 aromatic rings. The molecule has 12 heteroatoms. The molecule has 2 amide bonds. The summed E-state index contributed by atoms with van der Waals surface area (Å²) in [4.78, 5) is 75.8. The molecule has 0 aliphatic heterocycles. The van der Waals surface area contributed by atoms with E-state index in [1.165, 1.54) is 0 Å². The minimum Gasteiger partial charge on any atom is -0.481 e. The van der Waals surface area contributed by atoms with Gasteiger partial charge < -0.3 is 30.7 Å². The van der Waals surface area contributed by atoms with Crippen molar-refractivity contribution < 1.29 is 48.8 Å². The lowest BCUT2D eigenvalue weighted by atomic mass is 9.45. The molecule has 52 heavy (non-hydrogen) atoms. The van der Waals surface area contributed by atoms with E-state index < -0.39 is 65.2 Å². The van der Waals surface area contributed by atoms with Gasteiger partial charge in [0.25, 0.3) is 0 Å². The second-order valence-corrected chi connectivity index (χ2v) is 16.3. The van der Waals surface area contributed by atoms with Crippen LogP contribution in [0.15, 0.2) is 42.0 Å². The third-order valence-electron chi connectivity index (χ3n) is 12.9. The highest BCUT2D eigenvalue weighted by Gasteiger charge is 2.68. The van der Waals surface area contributed by atoms with Crippen LogP contribution in [-0.2, 0) is 33.5 Å². The Labute approximate surface area is 305 Å². The number of amides is 2. The fraction of sp³-hybridized carbons (Fsp3) is 0.650. The minimum atomic E-state index is -1.79. The Morgan fingerprint density at radius 3 is 2.38 bits per heavy atom. The molecule has 5 N–H and O–H groups in total. The fourth-order valence-electron chi connectivity index (χ4n) is 10.1. The molecular weight excluding hydrogens is 668 g/mol. The summed E-state index contributed by atoms with van der Waals surface area (Å²) < 4.78 is 5.27. The molecule has 12 nitrogen and oxygen atoms in total. The molecule has 3 saturated carbocycles. The summed E-state index contributed by atoms with van der Waals surface area (Å²) in [5.41, 5.74) is -1.13. The predicted octanol–water partition coefficient (Wildman–Crippen LogP) is 3.63. The van der Waals surface area contributed by atoms with Gasteiger partial charge in [-0.15, -0.1) is 0 Å². The largest absolute Gasteiger partial charge is 0.481 e. The van der Waals surface area contributed by atoms with Crippen LogP contribution in [0.1, 0.15) is 103 Å². The lowest BCUT2D eigenvalue weighted by Crippen LogP contribution is -2.62. The Bertz CT molecular complexity index is 1590. The molecule has 0 heterocycles. The Morgan fingerprint density at radius 2 is 1.71 bits per heavy atom. The van der Waals surface area contributed by atoms with Crippen molar-refractivity contribution in [2.45, 2.75) is 116 Å². The molecule has 1 aromatic carbocycles. The summed E-state index contributed by atoms with van der Waals surface area (Å²) in [6, 6.07) is 8.04. The van der Waals surface area contributed by atoms with Gasteiger partial charge in [0.05, 0.1) is 18.9 Å². The molecule has 3 fully saturated rings. The number of ether oxygens (including phenoxy) is 1. The minimum absolute atomic E-state index is 0.0160. The maximum Gasteiger partial charge on any atom is 0.306 e. The standard InChI is InChI=1S/C40H54N2O10/c1-23(2)36(37(50)41-21-25(18-33(47)48)24-8-6-5-7-9-24)42-32(46)12-13-34(49)52-22-31(45)40(51)17-15-29-28-11-10-26-19-27(43)14-16-38(26,3)35(28)30(44)20-39(29,40)4/h5-9,19,23,25,28-30,35-36,44,51H,10-18,20-22H2,1-4H3,(H,41,50)(H,42,46)(H,47,48)/t25-,28-,29-,30+,35+,36+,38+,39+,40-/m1/s1. The van der Waals surface area contributed by atoms with Gasteiger partial charge in [0.15, 0.2) is 12.4 Å². The highest BCUT2D eigenvalue weighted by atomic mass is 16.5. The summed E-state index contributed by atoms with van der Waals surface area (Å²) in [5, 5.41) is 38.3. The van der Waals surface area contributed by atoms with Gasteiger partial charge in [-0.25, -0.2) is 0 Å². The Balaban J connectivity index is 1.12. The first kappa shape index (κ1) is 39.3. The summed E-state index contributed by atoms with van der Waals surface area (Å²) in [5.74, 6) is -4.12. The number of carboxylic acid groups (broad SMARTS) is 1. The number of nitrogens with one attached hydrogen (secondary N) is 2. The fourth-order valence-corrected chi connectivity index (χ4v) is 10.1.